The van der Waals surface area contributed by atoms with Crippen LogP contribution in [0.15, 0.2) is 71.7 Å². The Morgan fingerprint density at radius 1 is 1.03 bits per heavy atom. The van der Waals surface area contributed by atoms with E-state index in [2.05, 4.69) is 39.6 Å². The normalized spacial score (nSPS) is 20.0. The number of hydrogen-bond acceptors (Lipinski definition) is 5. The summed E-state index contributed by atoms with van der Waals surface area (Å²) in [6.45, 7) is 5.43. The zero-order chi connectivity index (χ0) is 21.6. The lowest BCUT2D eigenvalue weighted by molar-refractivity contribution is -0.126. The zero-order valence-corrected chi connectivity index (χ0v) is 17.6. The molecule has 2 aromatic carbocycles. The quantitative estimate of drug-likeness (QED) is 0.810. The largest absolute Gasteiger partial charge is 0.333 e. The Morgan fingerprint density at radius 3 is 2.35 bits per heavy atom. The van der Waals surface area contributed by atoms with E-state index >= 15 is 0 Å². The number of hydrogen-bond donors (Lipinski definition) is 1. The van der Waals surface area contributed by atoms with Gasteiger partial charge in [0, 0.05) is 32.7 Å². The van der Waals surface area contributed by atoms with Crippen molar-refractivity contribution >= 4 is 29.4 Å². The van der Waals surface area contributed by atoms with Gasteiger partial charge in [-0.1, -0.05) is 60.7 Å². The van der Waals surface area contributed by atoms with Gasteiger partial charge in [0.2, 0.25) is 5.84 Å². The molecule has 1 atom stereocenters. The molecule has 7 nitrogen and oxygen atoms in total. The zero-order valence-electron chi connectivity index (χ0n) is 17.6. The lowest BCUT2D eigenvalue weighted by Gasteiger charge is -2.36. The predicted octanol–water partition coefficient (Wildman–Crippen LogP) is 2.18. The van der Waals surface area contributed by atoms with E-state index in [1.54, 1.807) is 11.8 Å². The van der Waals surface area contributed by atoms with Crippen LogP contribution in [0.1, 0.15) is 12.5 Å². The summed E-state index contributed by atoms with van der Waals surface area (Å²) in [7, 11) is 0. The lowest BCUT2D eigenvalue weighted by atomic mass is 10.2. The van der Waals surface area contributed by atoms with Crippen molar-refractivity contribution in [3.8, 4) is 0 Å². The summed E-state index contributed by atoms with van der Waals surface area (Å²) in [6, 6.07) is 18.9. The molecule has 2 heterocycles. The summed E-state index contributed by atoms with van der Waals surface area (Å²) in [5, 5.41) is 1.41. The number of amides is 2. The molecule has 2 aliphatic rings. The molecule has 0 spiro atoms. The van der Waals surface area contributed by atoms with Crippen LogP contribution in [-0.4, -0.2) is 66.2 Å². The van der Waals surface area contributed by atoms with E-state index in [1.807, 2.05) is 48.5 Å². The van der Waals surface area contributed by atoms with Crippen LogP contribution in [0.4, 0.5) is 5.69 Å². The average Bonchev–Trinajstić information content (AvgIpc) is 2.82. The van der Waals surface area contributed by atoms with Crippen LogP contribution in [0.3, 0.4) is 0 Å². The molecule has 1 fully saturated rings. The molecule has 31 heavy (non-hydrogen) atoms. The summed E-state index contributed by atoms with van der Waals surface area (Å²) in [5.74, 6) is -0.133. The number of carbonyl (C=O) groups is 2. The van der Waals surface area contributed by atoms with E-state index in [1.165, 1.54) is 10.6 Å². The van der Waals surface area contributed by atoms with Gasteiger partial charge in [-0.05, 0) is 24.6 Å². The molecule has 2 aromatic rings. The van der Waals surface area contributed by atoms with Crippen LogP contribution in [0.2, 0.25) is 0 Å². The van der Waals surface area contributed by atoms with Gasteiger partial charge in [0.05, 0.1) is 5.69 Å². The maximum atomic E-state index is 13.1. The molecule has 0 saturated carbocycles. The number of amidine groups is 1. The molecule has 7 heteroatoms. The van der Waals surface area contributed by atoms with Crippen molar-refractivity contribution in [3.05, 3.63) is 72.3 Å². The summed E-state index contributed by atoms with van der Waals surface area (Å²) in [5.41, 5.74) is 4.80. The smallest absolute Gasteiger partial charge is 0.290 e. The third-order valence-corrected chi connectivity index (χ3v) is 5.47. The van der Waals surface area contributed by atoms with Crippen LogP contribution in [0.5, 0.6) is 0 Å². The number of rotatable bonds is 5. The fraction of sp³-hybridized carbons (Fsp3) is 0.292. The predicted molar refractivity (Wildman–Crippen MR) is 122 cm³/mol. The van der Waals surface area contributed by atoms with Crippen molar-refractivity contribution in [2.24, 2.45) is 4.99 Å². The standard InChI is InChI=1S/C24H27N5O2/c1-19-23(30)29(21-12-6-3-7-13-21)26-22(25-19)24(31)28-17-15-27(16-18-28)14-8-11-20-9-4-2-5-10-20/h2-13,19H,14-18H2,1H3,(H,25,26). The fourth-order valence-corrected chi connectivity index (χ4v) is 3.68. The van der Waals surface area contributed by atoms with E-state index in [9.17, 15) is 9.59 Å². The van der Waals surface area contributed by atoms with Crippen LogP contribution in [0.25, 0.3) is 6.08 Å². The number of nitrogens with zero attached hydrogens (tertiary/aromatic N) is 4. The highest BCUT2D eigenvalue weighted by Gasteiger charge is 2.33. The number of carbonyl (C=O) groups excluding carboxylic acids is 2. The highest BCUT2D eigenvalue weighted by molar-refractivity contribution is 6.39. The van der Waals surface area contributed by atoms with E-state index in [4.69, 9.17) is 0 Å². The Balaban J connectivity index is 1.33. The van der Waals surface area contributed by atoms with Gasteiger partial charge < -0.3 is 4.90 Å². The minimum Gasteiger partial charge on any atom is -0.333 e. The Kier molecular flexibility index (Phi) is 6.43. The molecule has 160 valence electrons. The fourth-order valence-electron chi connectivity index (χ4n) is 3.68. The van der Waals surface area contributed by atoms with Gasteiger partial charge in [0.25, 0.3) is 11.8 Å². The first kappa shape index (κ1) is 20.8. The molecule has 0 bridgehead atoms. The van der Waals surface area contributed by atoms with Gasteiger partial charge in [-0.2, -0.15) is 0 Å². The first-order chi connectivity index (χ1) is 15.1. The van der Waals surface area contributed by atoms with E-state index < -0.39 is 6.04 Å². The Morgan fingerprint density at radius 2 is 1.68 bits per heavy atom. The summed E-state index contributed by atoms with van der Waals surface area (Å²) >= 11 is 0. The van der Waals surface area contributed by atoms with E-state index in [-0.39, 0.29) is 17.6 Å². The van der Waals surface area contributed by atoms with Gasteiger partial charge in [-0.25, -0.2) is 10.0 Å². The lowest BCUT2D eigenvalue weighted by Crippen LogP contribution is -2.60. The number of benzene rings is 2. The van der Waals surface area contributed by atoms with Crippen molar-refractivity contribution < 1.29 is 9.59 Å². The third-order valence-electron chi connectivity index (χ3n) is 5.47. The summed E-state index contributed by atoms with van der Waals surface area (Å²) in [4.78, 5) is 34.0. The van der Waals surface area contributed by atoms with Gasteiger partial charge in [-0.15, -0.1) is 0 Å². The molecular formula is C24H27N5O2. The van der Waals surface area contributed by atoms with Crippen LogP contribution in [-0.2, 0) is 9.59 Å². The monoisotopic (exact) mass is 417 g/mol. The third kappa shape index (κ3) is 5.00. The Labute approximate surface area is 182 Å². The first-order valence-electron chi connectivity index (χ1n) is 10.6. The second kappa shape index (κ2) is 9.57. The average molecular weight is 418 g/mol. The SMILES string of the molecule is CC1N=C(C(=O)N2CCN(CC=Cc3ccccc3)CC2)NN(c2ccccc2)C1=O. The molecule has 1 N–H and O–H groups in total. The molecule has 0 aliphatic carbocycles. The van der Waals surface area contributed by atoms with Gasteiger partial charge in [0.1, 0.15) is 6.04 Å². The van der Waals surface area contributed by atoms with Crippen LogP contribution in [0, 0.1) is 0 Å². The molecular weight excluding hydrogens is 390 g/mol. The second-order valence-corrected chi connectivity index (χ2v) is 7.68. The first-order valence-corrected chi connectivity index (χ1v) is 10.6. The van der Waals surface area contributed by atoms with Gasteiger partial charge >= 0.3 is 0 Å². The topological polar surface area (TPSA) is 68.2 Å². The summed E-state index contributed by atoms with van der Waals surface area (Å²) in [6.07, 6.45) is 4.28. The van der Waals surface area contributed by atoms with E-state index in [0.717, 1.165) is 19.6 Å². The van der Waals surface area contributed by atoms with Crippen molar-refractivity contribution in [2.75, 3.05) is 37.7 Å². The molecule has 1 unspecified atom stereocenters. The van der Waals surface area contributed by atoms with Crippen LogP contribution >= 0.6 is 0 Å². The molecule has 0 aromatic heterocycles. The molecule has 2 amide bonds. The molecule has 0 radical (unpaired) electrons. The van der Waals surface area contributed by atoms with Crippen molar-refractivity contribution in [2.45, 2.75) is 13.0 Å². The number of para-hydroxylation sites is 1. The highest BCUT2D eigenvalue weighted by atomic mass is 16.2. The number of aliphatic imine (C=N–C) groups is 1. The second-order valence-electron chi connectivity index (χ2n) is 7.68. The number of anilines is 1. The Hall–Kier alpha value is -3.45. The minimum absolute atomic E-state index is 0.167. The minimum atomic E-state index is -0.607. The van der Waals surface area contributed by atoms with Crippen molar-refractivity contribution in [1.82, 2.24) is 15.2 Å². The van der Waals surface area contributed by atoms with Gasteiger partial charge in [-0.3, -0.25) is 19.9 Å². The van der Waals surface area contributed by atoms with Crippen molar-refractivity contribution in [1.29, 1.82) is 0 Å². The Bertz CT molecular complexity index is 966. The highest BCUT2D eigenvalue weighted by Crippen LogP contribution is 2.16. The van der Waals surface area contributed by atoms with Gasteiger partial charge in [0.15, 0.2) is 0 Å². The number of nitrogens with one attached hydrogen (secondary N) is 1. The number of hydrazine groups is 1. The summed E-state index contributed by atoms with van der Waals surface area (Å²) < 4.78 is 0. The molecule has 2 aliphatic heterocycles. The maximum Gasteiger partial charge on any atom is 0.290 e. The van der Waals surface area contributed by atoms with Crippen molar-refractivity contribution in [3.63, 3.8) is 0 Å². The maximum absolute atomic E-state index is 13.1. The van der Waals surface area contributed by atoms with Crippen LogP contribution < -0.4 is 10.4 Å². The number of piperazine rings is 1. The molecule has 1 saturated heterocycles. The molecule has 4 rings (SSSR count). The van der Waals surface area contributed by atoms with E-state index in [0.29, 0.717) is 18.8 Å².